The molecule has 0 unspecified atom stereocenters. The number of nitrogens with two attached hydrogens (primary N) is 1. The van der Waals surface area contributed by atoms with Crippen molar-refractivity contribution in [1.82, 2.24) is 25.1 Å². The highest BCUT2D eigenvalue weighted by Crippen LogP contribution is 2.40. The van der Waals surface area contributed by atoms with Gasteiger partial charge in [0.05, 0.1) is 5.75 Å². The molecule has 1 aliphatic rings. The first-order valence-corrected chi connectivity index (χ1v) is 9.51. The van der Waals surface area contributed by atoms with Crippen molar-refractivity contribution >= 4 is 29.3 Å². The van der Waals surface area contributed by atoms with Crippen LogP contribution < -0.4 is 11.1 Å². The van der Waals surface area contributed by atoms with Gasteiger partial charge in [0.1, 0.15) is 5.82 Å². The van der Waals surface area contributed by atoms with Crippen LogP contribution in [0, 0.1) is 0 Å². The highest BCUT2D eigenvalue weighted by Gasteiger charge is 2.29. The van der Waals surface area contributed by atoms with E-state index in [0.717, 1.165) is 30.8 Å². The molecule has 2 aromatic heterocycles. The monoisotopic (exact) mass is 369 g/mol. The van der Waals surface area contributed by atoms with Gasteiger partial charge in [-0.2, -0.15) is 15.0 Å². The van der Waals surface area contributed by atoms with Crippen molar-refractivity contribution in [2.75, 3.05) is 11.1 Å². The molecule has 0 spiro atoms. The fraction of sp³-hybridized carbons (Fsp3) is 0.353. The van der Waals surface area contributed by atoms with Gasteiger partial charge in [-0.15, -0.1) is 10.2 Å². The van der Waals surface area contributed by atoms with Crippen molar-refractivity contribution in [3.63, 3.8) is 0 Å². The summed E-state index contributed by atoms with van der Waals surface area (Å²) < 4.78 is 5.64. The molecule has 3 aromatic rings. The quantitative estimate of drug-likeness (QED) is 0.605. The molecule has 1 saturated carbocycles. The van der Waals surface area contributed by atoms with Gasteiger partial charge in [0.15, 0.2) is 0 Å². The zero-order valence-electron chi connectivity index (χ0n) is 14.3. The Kier molecular flexibility index (Phi) is 4.70. The second kappa shape index (κ2) is 7.28. The standard InChI is InChI=1S/C17H19N7OS/c1-2-10-5-3-4-6-12(10)19-16-21-13(20-15(18)22-16)9-26-17-24-23-14(25-17)11-7-8-11/h3-6,11H,2,7-9H2,1H3,(H3,18,19,20,21,22). The van der Waals surface area contributed by atoms with Crippen LogP contribution in [0.3, 0.4) is 0 Å². The number of nitrogens with one attached hydrogen (secondary N) is 1. The molecule has 8 nitrogen and oxygen atoms in total. The number of hydrogen-bond donors (Lipinski definition) is 2. The highest BCUT2D eigenvalue weighted by atomic mass is 32.2. The summed E-state index contributed by atoms with van der Waals surface area (Å²) in [6, 6.07) is 8.03. The zero-order chi connectivity index (χ0) is 17.9. The van der Waals surface area contributed by atoms with Crippen molar-refractivity contribution in [2.24, 2.45) is 0 Å². The number of aryl methyl sites for hydroxylation is 1. The van der Waals surface area contributed by atoms with E-state index in [0.29, 0.717) is 28.7 Å². The van der Waals surface area contributed by atoms with Crippen LogP contribution in [0.25, 0.3) is 0 Å². The first kappa shape index (κ1) is 16.8. The molecule has 0 atom stereocenters. The lowest BCUT2D eigenvalue weighted by molar-refractivity contribution is 0.414. The molecule has 1 aromatic carbocycles. The Labute approximate surface area is 155 Å². The third-order valence-electron chi connectivity index (χ3n) is 4.02. The number of aromatic nitrogens is 5. The van der Waals surface area contributed by atoms with E-state index in [2.05, 4.69) is 43.5 Å². The first-order valence-electron chi connectivity index (χ1n) is 8.53. The molecular weight excluding hydrogens is 350 g/mol. The molecule has 0 radical (unpaired) electrons. The van der Waals surface area contributed by atoms with Crippen molar-refractivity contribution in [1.29, 1.82) is 0 Å². The summed E-state index contributed by atoms with van der Waals surface area (Å²) in [7, 11) is 0. The zero-order valence-corrected chi connectivity index (χ0v) is 15.2. The summed E-state index contributed by atoms with van der Waals surface area (Å²) in [4.78, 5) is 12.8. The average Bonchev–Trinajstić information content (AvgIpc) is 3.38. The van der Waals surface area contributed by atoms with Crippen LogP contribution in [0.2, 0.25) is 0 Å². The average molecular weight is 369 g/mol. The third-order valence-corrected chi connectivity index (χ3v) is 4.83. The molecule has 26 heavy (non-hydrogen) atoms. The maximum Gasteiger partial charge on any atom is 0.277 e. The Morgan fingerprint density at radius 1 is 1.19 bits per heavy atom. The predicted octanol–water partition coefficient (Wildman–Crippen LogP) is 3.31. The van der Waals surface area contributed by atoms with Gasteiger partial charge in [-0.1, -0.05) is 36.9 Å². The van der Waals surface area contributed by atoms with Gasteiger partial charge in [-0.25, -0.2) is 0 Å². The van der Waals surface area contributed by atoms with Crippen molar-refractivity contribution in [3.05, 3.63) is 41.5 Å². The molecule has 134 valence electrons. The van der Waals surface area contributed by atoms with Crippen LogP contribution in [0.15, 0.2) is 33.9 Å². The normalized spacial score (nSPS) is 13.7. The largest absolute Gasteiger partial charge is 0.416 e. The SMILES string of the molecule is CCc1ccccc1Nc1nc(N)nc(CSc2nnc(C3CC3)o2)n1. The summed E-state index contributed by atoms with van der Waals surface area (Å²) in [5.74, 6) is 2.81. The Hall–Kier alpha value is -2.68. The summed E-state index contributed by atoms with van der Waals surface area (Å²) in [5, 5.41) is 11.9. The predicted molar refractivity (Wildman–Crippen MR) is 99.2 cm³/mol. The van der Waals surface area contributed by atoms with Crippen molar-refractivity contribution in [2.45, 2.75) is 43.1 Å². The minimum absolute atomic E-state index is 0.177. The molecule has 1 fully saturated rings. The molecule has 2 heterocycles. The lowest BCUT2D eigenvalue weighted by Gasteiger charge is -2.10. The van der Waals surface area contributed by atoms with E-state index in [1.165, 1.54) is 17.3 Å². The van der Waals surface area contributed by atoms with Crippen LogP contribution in [0.5, 0.6) is 0 Å². The first-order chi connectivity index (χ1) is 12.7. The van der Waals surface area contributed by atoms with E-state index < -0.39 is 0 Å². The van der Waals surface area contributed by atoms with Crippen LogP contribution in [0.4, 0.5) is 17.6 Å². The van der Waals surface area contributed by atoms with E-state index in [9.17, 15) is 0 Å². The minimum atomic E-state index is 0.177. The molecule has 0 amide bonds. The highest BCUT2D eigenvalue weighted by molar-refractivity contribution is 7.98. The number of nitrogens with zero attached hydrogens (tertiary/aromatic N) is 5. The number of hydrogen-bond acceptors (Lipinski definition) is 9. The molecule has 0 aliphatic heterocycles. The molecule has 0 saturated heterocycles. The summed E-state index contributed by atoms with van der Waals surface area (Å²) in [6.45, 7) is 2.10. The van der Waals surface area contributed by atoms with E-state index in [1.807, 2.05) is 18.2 Å². The molecule has 0 bridgehead atoms. The number of nitrogen functional groups attached to an aromatic ring is 1. The Morgan fingerprint density at radius 2 is 2.04 bits per heavy atom. The van der Waals surface area contributed by atoms with Gasteiger partial charge >= 0.3 is 0 Å². The number of anilines is 3. The van der Waals surface area contributed by atoms with Crippen molar-refractivity contribution < 1.29 is 4.42 Å². The fourth-order valence-electron chi connectivity index (χ4n) is 2.53. The summed E-state index contributed by atoms with van der Waals surface area (Å²) in [6.07, 6.45) is 3.17. The van der Waals surface area contributed by atoms with Gasteiger partial charge in [0, 0.05) is 11.6 Å². The molecule has 9 heteroatoms. The number of thioether (sulfide) groups is 1. The van der Waals surface area contributed by atoms with Crippen LogP contribution >= 0.6 is 11.8 Å². The smallest absolute Gasteiger partial charge is 0.277 e. The number of para-hydroxylation sites is 1. The van der Waals surface area contributed by atoms with Gasteiger partial charge in [0.25, 0.3) is 5.22 Å². The molecule has 1 aliphatic carbocycles. The van der Waals surface area contributed by atoms with Gasteiger partial charge in [0.2, 0.25) is 17.8 Å². The number of benzene rings is 1. The minimum Gasteiger partial charge on any atom is -0.416 e. The van der Waals surface area contributed by atoms with E-state index in [1.54, 1.807) is 0 Å². The third kappa shape index (κ3) is 3.93. The van der Waals surface area contributed by atoms with Gasteiger partial charge in [-0.3, -0.25) is 0 Å². The fourth-order valence-corrected chi connectivity index (χ4v) is 3.15. The Morgan fingerprint density at radius 3 is 2.85 bits per heavy atom. The lowest BCUT2D eigenvalue weighted by Crippen LogP contribution is -2.07. The second-order valence-corrected chi connectivity index (χ2v) is 6.96. The van der Waals surface area contributed by atoms with E-state index in [4.69, 9.17) is 10.2 Å². The lowest BCUT2D eigenvalue weighted by atomic mass is 10.1. The van der Waals surface area contributed by atoms with Gasteiger partial charge < -0.3 is 15.5 Å². The summed E-state index contributed by atoms with van der Waals surface area (Å²) in [5.41, 5.74) is 7.99. The van der Waals surface area contributed by atoms with Crippen LogP contribution in [0.1, 0.15) is 43.0 Å². The molecule has 4 rings (SSSR count). The Bertz CT molecular complexity index is 910. The van der Waals surface area contributed by atoms with Crippen LogP contribution in [-0.4, -0.2) is 25.1 Å². The molecule has 3 N–H and O–H groups in total. The van der Waals surface area contributed by atoms with Gasteiger partial charge in [-0.05, 0) is 30.9 Å². The topological polar surface area (TPSA) is 116 Å². The van der Waals surface area contributed by atoms with Crippen LogP contribution in [-0.2, 0) is 12.2 Å². The Balaban J connectivity index is 1.46. The second-order valence-electron chi connectivity index (χ2n) is 6.04. The van der Waals surface area contributed by atoms with E-state index in [-0.39, 0.29) is 5.95 Å². The van der Waals surface area contributed by atoms with Crippen molar-refractivity contribution in [3.8, 4) is 0 Å². The maximum atomic E-state index is 5.84. The van der Waals surface area contributed by atoms with E-state index >= 15 is 0 Å². The maximum absolute atomic E-state index is 5.84. The molecular formula is C17H19N7OS. The number of rotatable bonds is 7. The summed E-state index contributed by atoms with van der Waals surface area (Å²) >= 11 is 1.39.